The van der Waals surface area contributed by atoms with Gasteiger partial charge in [0.15, 0.2) is 17.7 Å². The first-order chi connectivity index (χ1) is 11.4. The minimum Gasteiger partial charge on any atom is -0.385 e. The third-order valence-corrected chi connectivity index (χ3v) is 4.18. The molecule has 24 heavy (non-hydrogen) atoms. The van der Waals surface area contributed by atoms with Crippen molar-refractivity contribution in [2.75, 3.05) is 13.7 Å². The fourth-order valence-corrected chi connectivity index (χ4v) is 2.88. The van der Waals surface area contributed by atoms with Crippen LogP contribution in [0.1, 0.15) is 24.8 Å². The van der Waals surface area contributed by atoms with Gasteiger partial charge in [0, 0.05) is 37.6 Å². The first kappa shape index (κ1) is 18.5. The summed E-state index contributed by atoms with van der Waals surface area (Å²) in [5.41, 5.74) is 0.0719. The van der Waals surface area contributed by atoms with E-state index in [-0.39, 0.29) is 53.2 Å². The van der Waals surface area contributed by atoms with Crippen LogP contribution in [0.5, 0.6) is 0 Å². The Kier molecular flexibility index (Phi) is 6.42. The number of nitro benzene ring substituents is 1. The molecule has 1 aliphatic rings. The van der Waals surface area contributed by atoms with Crippen molar-refractivity contribution in [2.45, 2.75) is 32.0 Å². The third kappa shape index (κ3) is 4.59. The molecule has 7 nitrogen and oxygen atoms in total. The van der Waals surface area contributed by atoms with Gasteiger partial charge in [0.25, 0.3) is 5.69 Å². The highest BCUT2D eigenvalue weighted by atomic mass is 35.5. The van der Waals surface area contributed by atoms with Gasteiger partial charge in [-0.25, -0.2) is 0 Å². The predicted molar refractivity (Wildman–Crippen MR) is 85.9 cm³/mol. The summed E-state index contributed by atoms with van der Waals surface area (Å²) >= 11 is 5.75. The van der Waals surface area contributed by atoms with Crippen LogP contribution in [0.2, 0.25) is 5.02 Å². The average Bonchev–Trinajstić information content (AvgIpc) is 2.53. The normalized spacial score (nSPS) is 21.1. The van der Waals surface area contributed by atoms with Gasteiger partial charge in [-0.15, -0.1) is 0 Å². The highest BCUT2D eigenvalue weighted by Crippen LogP contribution is 2.27. The molecule has 0 N–H and O–H groups in total. The number of benzene rings is 1. The highest BCUT2D eigenvalue weighted by molar-refractivity contribution is 6.30. The van der Waals surface area contributed by atoms with Gasteiger partial charge in [-0.05, 0) is 24.5 Å². The van der Waals surface area contributed by atoms with Crippen LogP contribution in [0.4, 0.5) is 5.69 Å². The fraction of sp³-hybridized carbons (Fsp3) is 0.500. The summed E-state index contributed by atoms with van der Waals surface area (Å²) in [6.07, 6.45) is -0.00650. The minimum absolute atomic E-state index is 0.0327. The number of nitrogens with zero attached hydrogens (tertiary/aromatic N) is 1. The van der Waals surface area contributed by atoms with E-state index in [4.69, 9.17) is 21.1 Å². The zero-order valence-corrected chi connectivity index (χ0v) is 14.0. The molecule has 0 amide bonds. The lowest BCUT2D eigenvalue weighted by Crippen LogP contribution is -2.40. The van der Waals surface area contributed by atoms with Crippen LogP contribution in [-0.2, 0) is 25.7 Å². The van der Waals surface area contributed by atoms with Gasteiger partial charge in [0.05, 0.1) is 17.1 Å². The van der Waals surface area contributed by atoms with Crippen molar-refractivity contribution in [3.05, 3.63) is 38.9 Å². The number of ether oxygens (including phenoxy) is 2. The number of hydrogen-bond donors (Lipinski definition) is 0. The second-order valence-corrected chi connectivity index (χ2v) is 6.15. The van der Waals surface area contributed by atoms with E-state index in [1.165, 1.54) is 18.2 Å². The van der Waals surface area contributed by atoms with Gasteiger partial charge >= 0.3 is 0 Å². The highest BCUT2D eigenvalue weighted by Gasteiger charge is 2.36. The molecule has 0 atom stereocenters. The predicted octanol–water partition coefficient (Wildman–Crippen LogP) is 2.72. The van der Waals surface area contributed by atoms with Gasteiger partial charge in [0.1, 0.15) is 0 Å². The molecule has 1 aromatic carbocycles. The Balaban J connectivity index is 2.01. The Bertz CT molecular complexity index is 629. The van der Waals surface area contributed by atoms with Crippen molar-refractivity contribution >= 4 is 28.9 Å². The van der Waals surface area contributed by atoms with Crippen molar-refractivity contribution in [3.63, 3.8) is 0 Å². The fourth-order valence-electron chi connectivity index (χ4n) is 2.71. The van der Waals surface area contributed by atoms with E-state index in [1.807, 2.05) is 0 Å². The van der Waals surface area contributed by atoms with Crippen LogP contribution in [0.3, 0.4) is 0 Å². The maximum absolute atomic E-state index is 12.1. The number of carbonyl (C=O) groups is 2. The molecule has 0 radical (unpaired) electrons. The third-order valence-electron chi connectivity index (χ3n) is 3.94. The van der Waals surface area contributed by atoms with Gasteiger partial charge < -0.3 is 9.47 Å². The van der Waals surface area contributed by atoms with E-state index in [1.54, 1.807) is 7.11 Å². The van der Waals surface area contributed by atoms with E-state index in [0.29, 0.717) is 13.0 Å². The second kappa shape index (κ2) is 8.32. The maximum atomic E-state index is 12.1. The SMILES string of the molecule is COCCC1CC(=O)C(OCc2ccc(Cl)cc2[N+](=O)[O-])C(=O)C1. The summed E-state index contributed by atoms with van der Waals surface area (Å²) in [5, 5.41) is 11.3. The lowest BCUT2D eigenvalue weighted by Gasteiger charge is -2.26. The second-order valence-electron chi connectivity index (χ2n) is 5.71. The number of carbonyl (C=O) groups excluding carboxylic acids is 2. The molecule has 0 aromatic heterocycles. The van der Waals surface area contributed by atoms with Crippen LogP contribution >= 0.6 is 11.6 Å². The van der Waals surface area contributed by atoms with Gasteiger partial charge in [-0.1, -0.05) is 11.6 Å². The largest absolute Gasteiger partial charge is 0.385 e. The Morgan fingerprint density at radius 1 is 1.29 bits per heavy atom. The molecule has 0 aliphatic heterocycles. The molecule has 1 aromatic rings. The van der Waals surface area contributed by atoms with Gasteiger partial charge in [-0.2, -0.15) is 0 Å². The Labute approximate surface area is 144 Å². The molecule has 1 fully saturated rings. The van der Waals surface area contributed by atoms with Gasteiger partial charge in [-0.3, -0.25) is 19.7 Å². The summed E-state index contributed by atoms with van der Waals surface area (Å²) in [5.74, 6) is -0.609. The Morgan fingerprint density at radius 3 is 2.54 bits per heavy atom. The number of Topliss-reactive ketones (excluding diaryl/α,β-unsaturated/α-hetero) is 2. The minimum atomic E-state index is -1.15. The number of methoxy groups -OCH3 is 1. The quantitative estimate of drug-likeness (QED) is 0.424. The summed E-state index contributed by atoms with van der Waals surface area (Å²) in [6, 6.07) is 4.17. The summed E-state index contributed by atoms with van der Waals surface area (Å²) < 4.78 is 10.4. The summed E-state index contributed by atoms with van der Waals surface area (Å²) in [7, 11) is 1.57. The van der Waals surface area contributed by atoms with Crippen LogP contribution < -0.4 is 0 Å². The van der Waals surface area contributed by atoms with Gasteiger partial charge in [0.2, 0.25) is 0 Å². The van der Waals surface area contributed by atoms with E-state index in [0.717, 1.165) is 0 Å². The standard InChI is InChI=1S/C16H18ClNO6/c1-23-5-4-10-6-14(19)16(15(20)7-10)24-9-11-2-3-12(17)8-13(11)18(21)22/h2-3,8,10,16H,4-7,9H2,1H3. The molecule has 0 bridgehead atoms. The molecule has 0 spiro atoms. The molecule has 2 rings (SSSR count). The molecule has 1 saturated carbocycles. The molecule has 0 saturated heterocycles. The topological polar surface area (TPSA) is 95.7 Å². The molecule has 8 heteroatoms. The van der Waals surface area contributed by atoms with E-state index in [9.17, 15) is 19.7 Å². The zero-order chi connectivity index (χ0) is 17.7. The molecular formula is C16H18ClNO6. The van der Waals surface area contributed by atoms with E-state index < -0.39 is 11.0 Å². The van der Waals surface area contributed by atoms with Crippen LogP contribution in [-0.4, -0.2) is 36.3 Å². The number of ketones is 2. The molecular weight excluding hydrogens is 338 g/mol. The van der Waals surface area contributed by atoms with Crippen molar-refractivity contribution < 1.29 is 24.0 Å². The van der Waals surface area contributed by atoms with Crippen molar-refractivity contribution in [3.8, 4) is 0 Å². The Morgan fingerprint density at radius 2 is 1.96 bits per heavy atom. The average molecular weight is 356 g/mol. The summed E-state index contributed by atoms with van der Waals surface area (Å²) in [4.78, 5) is 34.7. The lowest BCUT2D eigenvalue weighted by molar-refractivity contribution is -0.386. The molecule has 130 valence electrons. The lowest BCUT2D eigenvalue weighted by atomic mass is 9.83. The first-order valence-corrected chi connectivity index (χ1v) is 7.89. The van der Waals surface area contributed by atoms with Crippen molar-refractivity contribution in [1.29, 1.82) is 0 Å². The molecule has 0 heterocycles. The monoisotopic (exact) mass is 355 g/mol. The number of rotatable bonds is 7. The van der Waals surface area contributed by atoms with E-state index >= 15 is 0 Å². The smallest absolute Gasteiger partial charge is 0.276 e. The summed E-state index contributed by atoms with van der Waals surface area (Å²) in [6.45, 7) is 0.298. The van der Waals surface area contributed by atoms with Crippen LogP contribution in [0.25, 0.3) is 0 Å². The number of nitro groups is 1. The molecule has 1 aliphatic carbocycles. The van der Waals surface area contributed by atoms with E-state index in [2.05, 4.69) is 0 Å². The van der Waals surface area contributed by atoms with Crippen molar-refractivity contribution in [2.24, 2.45) is 5.92 Å². The first-order valence-electron chi connectivity index (χ1n) is 7.51. The van der Waals surface area contributed by atoms with Crippen LogP contribution in [0.15, 0.2) is 18.2 Å². The number of hydrogen-bond acceptors (Lipinski definition) is 6. The maximum Gasteiger partial charge on any atom is 0.276 e. The van der Waals surface area contributed by atoms with Crippen LogP contribution in [0, 0.1) is 16.0 Å². The van der Waals surface area contributed by atoms with Crippen molar-refractivity contribution in [1.82, 2.24) is 0 Å². The zero-order valence-electron chi connectivity index (χ0n) is 13.2. The number of halogens is 1. The molecule has 0 unspecified atom stereocenters. The Hall–Kier alpha value is -1.83.